The maximum Gasteiger partial charge on any atom is 0.287 e. The Morgan fingerprint density at radius 1 is 1.69 bits per heavy atom. The van der Waals surface area contributed by atoms with E-state index in [0.29, 0.717) is 5.82 Å². The van der Waals surface area contributed by atoms with Crippen LogP contribution in [0.25, 0.3) is 0 Å². The molecule has 1 rings (SSSR count). The van der Waals surface area contributed by atoms with Crippen molar-refractivity contribution >= 4 is 5.82 Å². The summed E-state index contributed by atoms with van der Waals surface area (Å²) in [6.45, 7) is 0.0981. The van der Waals surface area contributed by atoms with Crippen LogP contribution in [0.3, 0.4) is 0 Å². The van der Waals surface area contributed by atoms with Crippen LogP contribution in [0.1, 0.15) is 0 Å². The van der Waals surface area contributed by atoms with Gasteiger partial charge in [-0.1, -0.05) is 0 Å². The largest absolute Gasteiger partial charge is 0.373 e. The lowest BCUT2D eigenvalue weighted by molar-refractivity contribution is 0.589. The summed E-state index contributed by atoms with van der Waals surface area (Å²) in [5, 5.41) is 11.2. The normalized spacial score (nSPS) is 9.31. The molecule has 1 aromatic heterocycles. The quantitative estimate of drug-likeness (QED) is 0.604. The lowest BCUT2D eigenvalue weighted by Crippen LogP contribution is -2.31. The number of nitriles is 1. The molecule has 0 radical (unpaired) electrons. The average Bonchev–Trinajstić information content (AvgIpc) is 2.39. The standard InChI is InChI=1S/C7H11N5O/c1-9-6-5-7(13)12(11(6)2)10-4-3-8/h5,9-10H,4H2,1-2H3. The molecule has 0 bridgehead atoms. The van der Waals surface area contributed by atoms with Gasteiger partial charge in [-0.25, -0.2) is 0 Å². The molecule has 0 unspecified atom stereocenters. The van der Waals surface area contributed by atoms with Gasteiger partial charge in [0.05, 0.1) is 6.07 Å². The minimum absolute atomic E-state index is 0.0981. The van der Waals surface area contributed by atoms with Crippen LogP contribution in [0, 0.1) is 11.3 Å². The molecule has 0 aliphatic carbocycles. The van der Waals surface area contributed by atoms with Crippen molar-refractivity contribution in [3.63, 3.8) is 0 Å². The van der Waals surface area contributed by atoms with Crippen LogP contribution in [-0.2, 0) is 7.05 Å². The summed E-state index contributed by atoms with van der Waals surface area (Å²) < 4.78 is 1.60. The summed E-state index contributed by atoms with van der Waals surface area (Å²) in [4.78, 5) is 12.5. The smallest absolute Gasteiger partial charge is 0.287 e. The fraction of sp³-hybridized carbons (Fsp3) is 0.429. The molecule has 0 atom stereocenters. The minimum Gasteiger partial charge on any atom is -0.373 e. The maximum absolute atomic E-state index is 11.3. The Morgan fingerprint density at radius 2 is 2.38 bits per heavy atom. The average molecular weight is 181 g/mol. The molecule has 6 heteroatoms. The van der Waals surface area contributed by atoms with E-state index in [1.165, 1.54) is 10.9 Å². The first-order valence-corrected chi connectivity index (χ1v) is 3.78. The number of nitrogens with zero attached hydrogens (tertiary/aromatic N) is 3. The second-order valence-corrected chi connectivity index (χ2v) is 2.45. The van der Waals surface area contributed by atoms with Crippen molar-refractivity contribution in [1.82, 2.24) is 9.47 Å². The number of nitrogens with one attached hydrogen (secondary N) is 2. The number of rotatable bonds is 3. The van der Waals surface area contributed by atoms with Gasteiger partial charge in [0.15, 0.2) is 0 Å². The van der Waals surface area contributed by atoms with Gasteiger partial charge in [-0.05, 0) is 0 Å². The van der Waals surface area contributed by atoms with Crippen LogP contribution in [0.15, 0.2) is 10.9 Å². The first kappa shape index (κ1) is 9.19. The molecule has 0 aromatic carbocycles. The van der Waals surface area contributed by atoms with Gasteiger partial charge < -0.3 is 5.32 Å². The summed E-state index contributed by atoms with van der Waals surface area (Å²) >= 11 is 0. The van der Waals surface area contributed by atoms with Gasteiger partial charge in [-0.15, -0.1) is 0 Å². The molecular weight excluding hydrogens is 170 g/mol. The minimum atomic E-state index is -0.192. The van der Waals surface area contributed by atoms with Crippen LogP contribution in [0.5, 0.6) is 0 Å². The van der Waals surface area contributed by atoms with Crippen molar-refractivity contribution in [2.24, 2.45) is 7.05 Å². The molecule has 0 aliphatic rings. The van der Waals surface area contributed by atoms with Gasteiger partial charge in [-0.3, -0.25) is 14.9 Å². The summed E-state index contributed by atoms with van der Waals surface area (Å²) in [6.07, 6.45) is 0. The monoisotopic (exact) mass is 181 g/mol. The molecule has 13 heavy (non-hydrogen) atoms. The number of anilines is 1. The fourth-order valence-corrected chi connectivity index (χ4v) is 1.06. The van der Waals surface area contributed by atoms with Crippen LogP contribution in [-0.4, -0.2) is 23.1 Å². The van der Waals surface area contributed by atoms with Gasteiger partial charge in [0.2, 0.25) is 0 Å². The topological polar surface area (TPSA) is 74.8 Å². The molecule has 0 spiro atoms. The van der Waals surface area contributed by atoms with Gasteiger partial charge in [0.1, 0.15) is 12.4 Å². The Balaban J connectivity index is 3.00. The molecule has 70 valence electrons. The molecule has 1 heterocycles. The zero-order valence-corrected chi connectivity index (χ0v) is 7.53. The predicted octanol–water partition coefficient (Wildman–Crippen LogP) is -0.704. The van der Waals surface area contributed by atoms with Crippen molar-refractivity contribution in [2.45, 2.75) is 0 Å². The van der Waals surface area contributed by atoms with Crippen molar-refractivity contribution in [3.05, 3.63) is 16.4 Å². The maximum atomic E-state index is 11.3. The highest BCUT2D eigenvalue weighted by Crippen LogP contribution is 1.98. The lowest BCUT2D eigenvalue weighted by atomic mass is 10.6. The SMILES string of the molecule is CNc1cc(=O)n(NCC#N)n1C. The second kappa shape index (κ2) is 3.67. The van der Waals surface area contributed by atoms with Crippen molar-refractivity contribution in [3.8, 4) is 6.07 Å². The van der Waals surface area contributed by atoms with Crippen molar-refractivity contribution in [2.75, 3.05) is 24.3 Å². The van der Waals surface area contributed by atoms with Crippen LogP contribution < -0.4 is 16.3 Å². The van der Waals surface area contributed by atoms with Crippen LogP contribution in [0.4, 0.5) is 5.82 Å². The third-order valence-electron chi connectivity index (χ3n) is 1.68. The number of hydrogen-bond donors (Lipinski definition) is 2. The second-order valence-electron chi connectivity index (χ2n) is 2.45. The summed E-state index contributed by atoms with van der Waals surface area (Å²) in [7, 11) is 3.45. The predicted molar refractivity (Wildman–Crippen MR) is 49.1 cm³/mol. The molecular formula is C7H11N5O. The van der Waals surface area contributed by atoms with E-state index in [0.717, 1.165) is 0 Å². The summed E-state index contributed by atoms with van der Waals surface area (Å²) in [6, 6.07) is 3.34. The van der Waals surface area contributed by atoms with Gasteiger partial charge in [0, 0.05) is 20.2 Å². The van der Waals surface area contributed by atoms with Crippen LogP contribution >= 0.6 is 0 Å². The zero-order chi connectivity index (χ0) is 9.84. The molecule has 6 nitrogen and oxygen atoms in total. The van der Waals surface area contributed by atoms with Gasteiger partial charge in [-0.2, -0.15) is 10.1 Å². The van der Waals surface area contributed by atoms with Crippen molar-refractivity contribution in [1.29, 1.82) is 5.26 Å². The van der Waals surface area contributed by atoms with E-state index >= 15 is 0 Å². The highest BCUT2D eigenvalue weighted by Gasteiger charge is 2.04. The fourth-order valence-electron chi connectivity index (χ4n) is 1.06. The third-order valence-corrected chi connectivity index (χ3v) is 1.68. The molecule has 0 saturated carbocycles. The third kappa shape index (κ3) is 1.64. The molecule has 0 amide bonds. The number of aromatic nitrogens is 2. The van der Waals surface area contributed by atoms with Gasteiger partial charge in [0.25, 0.3) is 5.56 Å². The molecule has 1 aromatic rings. The molecule has 0 fully saturated rings. The first-order valence-electron chi connectivity index (χ1n) is 3.78. The molecule has 0 aliphatic heterocycles. The summed E-state index contributed by atoms with van der Waals surface area (Å²) in [5.41, 5.74) is 2.46. The highest BCUT2D eigenvalue weighted by molar-refractivity contribution is 5.33. The van der Waals surface area contributed by atoms with E-state index < -0.39 is 0 Å². The Hall–Kier alpha value is -1.90. The lowest BCUT2D eigenvalue weighted by Gasteiger charge is -2.08. The Labute approximate surface area is 75.3 Å². The van der Waals surface area contributed by atoms with Crippen molar-refractivity contribution < 1.29 is 0 Å². The molecule has 0 saturated heterocycles. The molecule has 2 N–H and O–H groups in total. The Morgan fingerprint density at radius 3 is 2.85 bits per heavy atom. The van der Waals surface area contributed by atoms with E-state index in [1.54, 1.807) is 18.8 Å². The van der Waals surface area contributed by atoms with E-state index in [9.17, 15) is 4.79 Å². The summed E-state index contributed by atoms with van der Waals surface area (Å²) in [5.74, 6) is 0.690. The van der Waals surface area contributed by atoms with Gasteiger partial charge >= 0.3 is 0 Å². The number of hydrogen-bond acceptors (Lipinski definition) is 4. The van der Waals surface area contributed by atoms with E-state index in [2.05, 4.69) is 10.7 Å². The first-order chi connectivity index (χ1) is 6.20. The Bertz CT molecular complexity index is 383. The van der Waals surface area contributed by atoms with E-state index in [4.69, 9.17) is 5.26 Å². The van der Waals surface area contributed by atoms with Crippen LogP contribution in [0.2, 0.25) is 0 Å². The Kier molecular flexibility index (Phi) is 2.59. The highest BCUT2D eigenvalue weighted by atomic mass is 16.1. The van der Waals surface area contributed by atoms with E-state index in [-0.39, 0.29) is 12.1 Å². The van der Waals surface area contributed by atoms with E-state index in [1.807, 2.05) is 6.07 Å². The zero-order valence-electron chi connectivity index (χ0n) is 7.53.